The summed E-state index contributed by atoms with van der Waals surface area (Å²) < 4.78 is 4.90. The molecule has 1 rings (SSSR count). The van der Waals surface area contributed by atoms with E-state index in [2.05, 4.69) is 17.2 Å². The highest BCUT2D eigenvalue weighted by Gasteiger charge is 2.00. The van der Waals surface area contributed by atoms with Crippen LogP contribution in [0.5, 0.6) is 0 Å². The van der Waals surface area contributed by atoms with Gasteiger partial charge in [-0.25, -0.2) is 4.79 Å². The lowest BCUT2D eigenvalue weighted by atomic mass is 10.1. The highest BCUT2D eigenvalue weighted by molar-refractivity contribution is 5.67. The molecule has 0 aromatic heterocycles. The molecule has 4 heteroatoms. The van der Waals surface area contributed by atoms with Gasteiger partial charge in [0.15, 0.2) is 0 Å². The van der Waals surface area contributed by atoms with Gasteiger partial charge in [-0.15, -0.1) is 0 Å². The van der Waals surface area contributed by atoms with E-state index >= 15 is 0 Å². The molecule has 0 fully saturated rings. The monoisotopic (exact) mass is 246 g/mol. The van der Waals surface area contributed by atoms with E-state index < -0.39 is 0 Å². The summed E-state index contributed by atoms with van der Waals surface area (Å²) in [6.07, 6.45) is 0.436. The molecule has 0 saturated carbocycles. The van der Waals surface area contributed by atoms with Crippen LogP contribution in [-0.4, -0.2) is 19.2 Å². The van der Waals surface area contributed by atoms with Crippen molar-refractivity contribution in [1.29, 1.82) is 0 Å². The summed E-state index contributed by atoms with van der Waals surface area (Å²) in [5.41, 5.74) is 7.21. The Morgan fingerprint density at radius 3 is 2.72 bits per heavy atom. The zero-order chi connectivity index (χ0) is 13.2. The molecular weight excluding hydrogens is 228 g/mol. The maximum Gasteiger partial charge on any atom is 0.407 e. The number of alkyl carbamates (subject to hydrolysis) is 1. The maximum atomic E-state index is 11.2. The van der Waals surface area contributed by atoms with Gasteiger partial charge < -0.3 is 15.8 Å². The number of amides is 1. The van der Waals surface area contributed by atoms with Crippen LogP contribution in [0.3, 0.4) is 0 Å². The molecule has 0 aliphatic heterocycles. The molecule has 96 valence electrons. The van der Waals surface area contributed by atoms with Crippen molar-refractivity contribution in [3.63, 3.8) is 0 Å². The quantitative estimate of drug-likeness (QED) is 0.794. The average Bonchev–Trinajstić information content (AvgIpc) is 2.41. The van der Waals surface area contributed by atoms with E-state index in [9.17, 15) is 4.79 Å². The van der Waals surface area contributed by atoms with Crippen molar-refractivity contribution in [2.75, 3.05) is 13.2 Å². The molecule has 0 radical (unpaired) electrons. The molecule has 1 aromatic rings. The van der Waals surface area contributed by atoms with Crippen LogP contribution in [0.4, 0.5) is 4.79 Å². The van der Waals surface area contributed by atoms with Crippen molar-refractivity contribution < 1.29 is 9.53 Å². The highest BCUT2D eigenvalue weighted by atomic mass is 16.5. The van der Waals surface area contributed by atoms with Gasteiger partial charge in [0.2, 0.25) is 0 Å². The molecule has 1 aromatic carbocycles. The van der Waals surface area contributed by atoms with Crippen LogP contribution >= 0.6 is 0 Å². The second-order valence-corrected chi connectivity index (χ2v) is 3.69. The standard InChI is InChI=1S/C14H18N2O2/c1-2-10-18-14(17)16-11-13-7-5-12(6-8-13)4-3-9-15/h5-8H,2,9-11,15H2,1H3,(H,16,17). The molecule has 1 amide bonds. The lowest BCUT2D eigenvalue weighted by Gasteiger charge is -2.06. The van der Waals surface area contributed by atoms with Crippen LogP contribution in [0.2, 0.25) is 0 Å². The smallest absolute Gasteiger partial charge is 0.407 e. The van der Waals surface area contributed by atoms with Crippen molar-refractivity contribution in [3.8, 4) is 11.8 Å². The number of rotatable bonds is 4. The minimum atomic E-state index is -0.385. The fourth-order valence-corrected chi connectivity index (χ4v) is 1.28. The van der Waals surface area contributed by atoms with E-state index in [0.717, 1.165) is 17.5 Å². The number of carbonyl (C=O) groups excluding carboxylic acids is 1. The average molecular weight is 246 g/mol. The lowest BCUT2D eigenvalue weighted by molar-refractivity contribution is 0.146. The summed E-state index contributed by atoms with van der Waals surface area (Å²) in [5.74, 6) is 5.72. The summed E-state index contributed by atoms with van der Waals surface area (Å²) in [6, 6.07) is 7.63. The molecule has 0 bridgehead atoms. The number of carbonyl (C=O) groups is 1. The first kappa shape index (κ1) is 14.1. The molecule has 0 atom stereocenters. The number of hydrogen-bond acceptors (Lipinski definition) is 3. The third kappa shape index (κ3) is 5.37. The lowest BCUT2D eigenvalue weighted by Crippen LogP contribution is -2.23. The number of benzene rings is 1. The van der Waals surface area contributed by atoms with Gasteiger partial charge in [-0.05, 0) is 24.1 Å². The molecule has 4 nitrogen and oxygen atoms in total. The largest absolute Gasteiger partial charge is 0.450 e. The molecule has 0 unspecified atom stereocenters. The predicted molar refractivity (Wildman–Crippen MR) is 70.9 cm³/mol. The Hall–Kier alpha value is -1.99. The Kier molecular flexibility index (Phi) is 6.37. The minimum Gasteiger partial charge on any atom is -0.450 e. The van der Waals surface area contributed by atoms with Crippen LogP contribution in [-0.2, 0) is 11.3 Å². The van der Waals surface area contributed by atoms with Crippen LogP contribution in [0.1, 0.15) is 24.5 Å². The van der Waals surface area contributed by atoms with Crippen molar-refractivity contribution in [2.24, 2.45) is 5.73 Å². The van der Waals surface area contributed by atoms with Gasteiger partial charge in [0, 0.05) is 12.1 Å². The molecule has 0 aliphatic rings. The zero-order valence-corrected chi connectivity index (χ0v) is 10.5. The predicted octanol–water partition coefficient (Wildman–Crippen LogP) is 1.63. The van der Waals surface area contributed by atoms with Crippen molar-refractivity contribution in [2.45, 2.75) is 19.9 Å². The summed E-state index contributed by atoms with van der Waals surface area (Å²) >= 11 is 0. The second kappa shape index (κ2) is 8.15. The third-order valence-electron chi connectivity index (χ3n) is 2.16. The number of nitrogens with two attached hydrogens (primary N) is 1. The number of hydrogen-bond donors (Lipinski definition) is 2. The first-order chi connectivity index (χ1) is 8.76. The fraction of sp³-hybridized carbons (Fsp3) is 0.357. The van der Waals surface area contributed by atoms with E-state index in [1.807, 2.05) is 31.2 Å². The maximum absolute atomic E-state index is 11.2. The number of ether oxygens (including phenoxy) is 1. The first-order valence-corrected chi connectivity index (χ1v) is 5.94. The second-order valence-electron chi connectivity index (χ2n) is 3.69. The summed E-state index contributed by atoms with van der Waals surface area (Å²) in [7, 11) is 0. The normalized spacial score (nSPS) is 9.22. The van der Waals surface area contributed by atoms with E-state index in [1.54, 1.807) is 0 Å². The third-order valence-corrected chi connectivity index (χ3v) is 2.16. The van der Waals surface area contributed by atoms with Crippen LogP contribution in [0, 0.1) is 11.8 Å². The highest BCUT2D eigenvalue weighted by Crippen LogP contribution is 2.03. The van der Waals surface area contributed by atoms with Gasteiger partial charge in [-0.3, -0.25) is 0 Å². The van der Waals surface area contributed by atoms with Crippen molar-refractivity contribution in [1.82, 2.24) is 5.32 Å². The van der Waals surface area contributed by atoms with Gasteiger partial charge in [0.1, 0.15) is 0 Å². The van der Waals surface area contributed by atoms with Gasteiger partial charge in [-0.1, -0.05) is 30.9 Å². The Bertz CT molecular complexity index is 429. The van der Waals surface area contributed by atoms with Gasteiger partial charge in [0.05, 0.1) is 13.2 Å². The Labute approximate surface area is 108 Å². The Morgan fingerprint density at radius 1 is 1.39 bits per heavy atom. The Balaban J connectivity index is 2.41. The van der Waals surface area contributed by atoms with Gasteiger partial charge >= 0.3 is 6.09 Å². The van der Waals surface area contributed by atoms with Gasteiger partial charge in [-0.2, -0.15) is 0 Å². The van der Waals surface area contributed by atoms with E-state index in [1.165, 1.54) is 0 Å². The summed E-state index contributed by atoms with van der Waals surface area (Å²) in [5, 5.41) is 2.68. The van der Waals surface area contributed by atoms with Crippen molar-refractivity contribution >= 4 is 6.09 Å². The minimum absolute atomic E-state index is 0.354. The number of nitrogens with one attached hydrogen (secondary N) is 1. The fourth-order valence-electron chi connectivity index (χ4n) is 1.28. The molecular formula is C14H18N2O2. The summed E-state index contributed by atoms with van der Waals surface area (Å²) in [6.45, 7) is 3.20. The molecule has 3 N–H and O–H groups in total. The van der Waals surface area contributed by atoms with Crippen molar-refractivity contribution in [3.05, 3.63) is 35.4 Å². The molecule has 0 spiro atoms. The van der Waals surface area contributed by atoms with Crippen LogP contribution < -0.4 is 11.1 Å². The first-order valence-electron chi connectivity index (χ1n) is 5.94. The van der Waals surface area contributed by atoms with E-state index in [0.29, 0.717) is 19.7 Å². The molecule has 18 heavy (non-hydrogen) atoms. The van der Waals surface area contributed by atoms with E-state index in [4.69, 9.17) is 10.5 Å². The van der Waals surface area contributed by atoms with Crippen LogP contribution in [0.15, 0.2) is 24.3 Å². The topological polar surface area (TPSA) is 64.3 Å². The summed E-state index contributed by atoms with van der Waals surface area (Å²) in [4.78, 5) is 11.2. The Morgan fingerprint density at radius 2 is 2.11 bits per heavy atom. The zero-order valence-electron chi connectivity index (χ0n) is 10.5. The van der Waals surface area contributed by atoms with E-state index in [-0.39, 0.29) is 6.09 Å². The SMILES string of the molecule is CCCOC(=O)NCc1ccc(C#CCN)cc1. The molecule has 0 saturated heterocycles. The molecule has 0 aliphatic carbocycles. The molecule has 0 heterocycles. The van der Waals surface area contributed by atoms with Crippen LogP contribution in [0.25, 0.3) is 0 Å². The van der Waals surface area contributed by atoms with Gasteiger partial charge in [0.25, 0.3) is 0 Å².